The van der Waals surface area contributed by atoms with Crippen LogP contribution in [0.15, 0.2) is 24.5 Å². The molecule has 6 nitrogen and oxygen atoms in total. The molecule has 2 aromatic heterocycles. The Balaban J connectivity index is 1.61. The lowest BCUT2D eigenvalue weighted by molar-refractivity contribution is 0.102. The molecular formula is C14H15N3O3S. The maximum absolute atomic E-state index is 12.0. The van der Waals surface area contributed by atoms with Crippen LogP contribution < -0.4 is 10.1 Å². The lowest BCUT2D eigenvalue weighted by atomic mass is 10.2. The van der Waals surface area contributed by atoms with Gasteiger partial charge < -0.3 is 9.47 Å². The molecule has 1 amide bonds. The summed E-state index contributed by atoms with van der Waals surface area (Å²) in [5, 5.41) is 3.32. The van der Waals surface area contributed by atoms with E-state index in [4.69, 9.17) is 9.47 Å². The summed E-state index contributed by atoms with van der Waals surface area (Å²) in [6.45, 7) is 3.25. The van der Waals surface area contributed by atoms with Crippen molar-refractivity contribution in [1.29, 1.82) is 0 Å². The fourth-order valence-electron chi connectivity index (χ4n) is 1.94. The van der Waals surface area contributed by atoms with Crippen molar-refractivity contribution in [3.8, 4) is 5.88 Å². The van der Waals surface area contributed by atoms with Gasteiger partial charge in [0.1, 0.15) is 6.10 Å². The van der Waals surface area contributed by atoms with Gasteiger partial charge in [0, 0.05) is 29.8 Å². The highest BCUT2D eigenvalue weighted by atomic mass is 32.1. The first-order valence-electron chi connectivity index (χ1n) is 6.65. The minimum atomic E-state index is -0.229. The van der Waals surface area contributed by atoms with E-state index in [0.29, 0.717) is 23.2 Å². The van der Waals surface area contributed by atoms with Gasteiger partial charge in [-0.3, -0.25) is 10.1 Å². The van der Waals surface area contributed by atoms with Gasteiger partial charge in [-0.05, 0) is 13.0 Å². The number of aryl methyl sites for hydroxylation is 1. The monoisotopic (exact) mass is 305 g/mol. The van der Waals surface area contributed by atoms with Crippen molar-refractivity contribution in [3.63, 3.8) is 0 Å². The number of amides is 1. The summed E-state index contributed by atoms with van der Waals surface area (Å²) >= 11 is 1.43. The Morgan fingerprint density at radius 1 is 1.43 bits per heavy atom. The van der Waals surface area contributed by atoms with Crippen molar-refractivity contribution < 1.29 is 14.3 Å². The molecule has 1 unspecified atom stereocenters. The summed E-state index contributed by atoms with van der Waals surface area (Å²) < 4.78 is 10.9. The van der Waals surface area contributed by atoms with Crippen molar-refractivity contribution >= 4 is 22.4 Å². The number of anilines is 1. The van der Waals surface area contributed by atoms with Gasteiger partial charge in [0.15, 0.2) is 5.13 Å². The second-order valence-corrected chi connectivity index (χ2v) is 5.95. The molecule has 0 aromatic carbocycles. The summed E-state index contributed by atoms with van der Waals surface area (Å²) in [5.74, 6) is 0.278. The second-order valence-electron chi connectivity index (χ2n) is 4.72. The highest BCUT2D eigenvalue weighted by Crippen LogP contribution is 2.18. The lowest BCUT2D eigenvalue weighted by Crippen LogP contribution is -2.17. The minimum absolute atomic E-state index is 0.0514. The van der Waals surface area contributed by atoms with Gasteiger partial charge in [-0.15, -0.1) is 11.3 Å². The van der Waals surface area contributed by atoms with Crippen LogP contribution in [0.5, 0.6) is 5.88 Å². The summed E-state index contributed by atoms with van der Waals surface area (Å²) in [5.41, 5.74) is 0.470. The smallest absolute Gasteiger partial charge is 0.259 e. The van der Waals surface area contributed by atoms with Crippen molar-refractivity contribution in [2.75, 3.05) is 18.5 Å². The molecule has 1 saturated heterocycles. The molecule has 2 aromatic rings. The Labute approximate surface area is 126 Å². The first kappa shape index (κ1) is 14.0. The van der Waals surface area contributed by atoms with Crippen LogP contribution in [0, 0.1) is 6.92 Å². The number of carbonyl (C=O) groups is 1. The molecule has 1 atom stereocenters. The van der Waals surface area contributed by atoms with Gasteiger partial charge >= 0.3 is 0 Å². The van der Waals surface area contributed by atoms with Crippen LogP contribution in [0.1, 0.15) is 21.7 Å². The third-order valence-electron chi connectivity index (χ3n) is 3.02. The number of ether oxygens (including phenoxy) is 2. The third-order valence-corrected chi connectivity index (χ3v) is 3.84. The summed E-state index contributed by atoms with van der Waals surface area (Å²) in [6, 6.07) is 3.38. The van der Waals surface area contributed by atoms with Crippen LogP contribution in [0.2, 0.25) is 0 Å². The Morgan fingerprint density at radius 2 is 2.33 bits per heavy atom. The van der Waals surface area contributed by atoms with E-state index >= 15 is 0 Å². The third kappa shape index (κ3) is 3.56. The molecule has 0 spiro atoms. The quantitative estimate of drug-likeness (QED) is 0.938. The summed E-state index contributed by atoms with van der Waals surface area (Å²) in [6.07, 6.45) is 4.14. The van der Waals surface area contributed by atoms with E-state index in [1.807, 2.05) is 6.92 Å². The van der Waals surface area contributed by atoms with Gasteiger partial charge in [0.05, 0.1) is 18.8 Å². The molecule has 3 rings (SSSR count). The normalized spacial score (nSPS) is 17.7. The number of pyridine rings is 1. The molecule has 110 valence electrons. The van der Waals surface area contributed by atoms with Crippen molar-refractivity contribution in [3.05, 3.63) is 35.0 Å². The molecular weight excluding hydrogens is 290 g/mol. The molecule has 0 bridgehead atoms. The molecule has 1 aliphatic rings. The molecule has 7 heteroatoms. The Morgan fingerprint density at radius 3 is 2.95 bits per heavy atom. The minimum Gasteiger partial charge on any atom is -0.472 e. The molecule has 1 aliphatic heterocycles. The topological polar surface area (TPSA) is 73.3 Å². The average molecular weight is 305 g/mol. The second kappa shape index (κ2) is 6.19. The lowest BCUT2D eigenvalue weighted by Gasteiger charge is -2.10. The zero-order valence-corrected chi connectivity index (χ0v) is 12.4. The molecule has 1 fully saturated rings. The van der Waals surface area contributed by atoms with Gasteiger partial charge in [-0.1, -0.05) is 0 Å². The molecule has 0 radical (unpaired) electrons. The van der Waals surface area contributed by atoms with Gasteiger partial charge in [0.25, 0.3) is 5.91 Å². The van der Waals surface area contributed by atoms with E-state index in [0.717, 1.165) is 17.9 Å². The fourth-order valence-corrected chi connectivity index (χ4v) is 2.60. The Kier molecular flexibility index (Phi) is 4.12. The highest BCUT2D eigenvalue weighted by Gasteiger charge is 2.18. The van der Waals surface area contributed by atoms with Crippen LogP contribution in [-0.4, -0.2) is 35.2 Å². The van der Waals surface area contributed by atoms with Crippen LogP contribution >= 0.6 is 11.3 Å². The maximum atomic E-state index is 12.0. The molecule has 1 N–H and O–H groups in total. The molecule has 21 heavy (non-hydrogen) atoms. The van der Waals surface area contributed by atoms with Crippen molar-refractivity contribution in [2.45, 2.75) is 19.4 Å². The number of rotatable bonds is 4. The largest absolute Gasteiger partial charge is 0.472 e. The Hall–Kier alpha value is -1.99. The fraction of sp³-hybridized carbons (Fsp3) is 0.357. The van der Waals surface area contributed by atoms with E-state index in [9.17, 15) is 4.79 Å². The van der Waals surface area contributed by atoms with Crippen LogP contribution in [0.3, 0.4) is 0 Å². The number of nitrogens with one attached hydrogen (secondary N) is 1. The first-order valence-corrected chi connectivity index (χ1v) is 7.46. The molecule has 3 heterocycles. The van der Waals surface area contributed by atoms with Gasteiger partial charge in [-0.25, -0.2) is 9.97 Å². The average Bonchev–Trinajstić information content (AvgIpc) is 3.12. The number of hydrogen-bond acceptors (Lipinski definition) is 6. The van der Waals surface area contributed by atoms with Crippen molar-refractivity contribution in [2.24, 2.45) is 0 Å². The zero-order valence-electron chi connectivity index (χ0n) is 11.5. The Bertz CT molecular complexity index is 621. The van der Waals surface area contributed by atoms with E-state index < -0.39 is 0 Å². The molecule has 0 saturated carbocycles. The van der Waals surface area contributed by atoms with E-state index in [1.165, 1.54) is 17.5 Å². The number of carbonyl (C=O) groups excluding carboxylic acids is 1. The number of thiazole rings is 1. The standard InChI is InChI=1S/C14H15N3O3S/c1-9-6-16-14(21-9)17-13(18)10-2-3-12(15-7-10)20-11-4-5-19-8-11/h2-3,6-7,11H,4-5,8H2,1H3,(H,16,17,18). The van der Waals surface area contributed by atoms with Crippen LogP contribution in [0.25, 0.3) is 0 Å². The predicted molar refractivity (Wildman–Crippen MR) is 78.9 cm³/mol. The van der Waals surface area contributed by atoms with E-state index in [1.54, 1.807) is 18.3 Å². The SMILES string of the molecule is Cc1cnc(NC(=O)c2ccc(OC3CCOC3)nc2)s1. The highest BCUT2D eigenvalue weighted by molar-refractivity contribution is 7.15. The van der Waals surface area contributed by atoms with Crippen LogP contribution in [-0.2, 0) is 4.74 Å². The van der Waals surface area contributed by atoms with E-state index in [2.05, 4.69) is 15.3 Å². The maximum Gasteiger partial charge on any atom is 0.259 e. The van der Waals surface area contributed by atoms with Crippen LogP contribution in [0.4, 0.5) is 5.13 Å². The zero-order chi connectivity index (χ0) is 14.7. The summed E-state index contributed by atoms with van der Waals surface area (Å²) in [7, 11) is 0. The summed E-state index contributed by atoms with van der Waals surface area (Å²) in [4.78, 5) is 21.3. The van der Waals surface area contributed by atoms with Gasteiger partial charge in [-0.2, -0.15) is 0 Å². The van der Waals surface area contributed by atoms with E-state index in [-0.39, 0.29) is 12.0 Å². The van der Waals surface area contributed by atoms with Crippen molar-refractivity contribution in [1.82, 2.24) is 9.97 Å². The number of aromatic nitrogens is 2. The molecule has 0 aliphatic carbocycles. The van der Waals surface area contributed by atoms with Gasteiger partial charge in [0.2, 0.25) is 5.88 Å². The number of hydrogen-bond donors (Lipinski definition) is 1. The predicted octanol–water partition coefficient (Wildman–Crippen LogP) is 2.27. The number of nitrogens with zero attached hydrogens (tertiary/aromatic N) is 2. The first-order chi connectivity index (χ1) is 10.2.